The molecule has 0 bridgehead atoms. The Labute approximate surface area is 187 Å². The average Bonchev–Trinajstić information content (AvgIpc) is 2.67. The summed E-state index contributed by atoms with van der Waals surface area (Å²) in [6, 6.07) is 9.26. The van der Waals surface area contributed by atoms with E-state index in [1.54, 1.807) is 24.3 Å². The highest BCUT2D eigenvalue weighted by molar-refractivity contribution is 14.0. The fourth-order valence-electron chi connectivity index (χ4n) is 3.35. The van der Waals surface area contributed by atoms with Gasteiger partial charge in [-0.25, -0.2) is 8.42 Å². The van der Waals surface area contributed by atoms with Crippen LogP contribution in [0, 0.1) is 0 Å². The maximum absolute atomic E-state index is 12.3. The molecular formula is C20H35IN4O2S. The van der Waals surface area contributed by atoms with Crippen LogP contribution in [0.15, 0.2) is 40.2 Å². The number of nitrogens with zero attached hydrogens (tertiary/aromatic N) is 2. The van der Waals surface area contributed by atoms with Crippen molar-refractivity contribution in [1.82, 2.24) is 15.5 Å². The van der Waals surface area contributed by atoms with Gasteiger partial charge in [0.25, 0.3) is 0 Å². The molecule has 8 heteroatoms. The zero-order valence-electron chi connectivity index (χ0n) is 17.1. The van der Waals surface area contributed by atoms with Gasteiger partial charge in [-0.3, -0.25) is 4.99 Å². The number of sulfone groups is 1. The van der Waals surface area contributed by atoms with Crippen LogP contribution in [0.3, 0.4) is 0 Å². The molecule has 2 N–H and O–H groups in total. The van der Waals surface area contributed by atoms with Crippen LogP contribution in [-0.4, -0.2) is 63.8 Å². The van der Waals surface area contributed by atoms with E-state index in [2.05, 4.69) is 27.4 Å². The van der Waals surface area contributed by atoms with Crippen molar-refractivity contribution in [2.75, 3.05) is 38.5 Å². The maximum Gasteiger partial charge on any atom is 0.191 e. The number of piperidine rings is 1. The molecule has 0 aromatic heterocycles. The number of aliphatic imine (C=N–C) groups is 1. The van der Waals surface area contributed by atoms with Gasteiger partial charge < -0.3 is 15.5 Å². The van der Waals surface area contributed by atoms with Crippen LogP contribution in [-0.2, 0) is 9.84 Å². The van der Waals surface area contributed by atoms with E-state index in [1.165, 1.54) is 25.8 Å². The van der Waals surface area contributed by atoms with E-state index in [0.717, 1.165) is 26.1 Å². The zero-order chi connectivity index (χ0) is 19.5. The Bertz CT molecular complexity index is 683. The van der Waals surface area contributed by atoms with E-state index in [-0.39, 0.29) is 29.7 Å². The number of hydrogen-bond acceptors (Lipinski definition) is 4. The lowest BCUT2D eigenvalue weighted by atomic mass is 10.0. The summed E-state index contributed by atoms with van der Waals surface area (Å²) in [5.74, 6) is 0.736. The number of rotatable bonds is 9. The Kier molecular flexibility index (Phi) is 12.0. The molecule has 6 nitrogen and oxygen atoms in total. The number of benzene rings is 1. The first-order valence-electron chi connectivity index (χ1n) is 10.1. The fraction of sp³-hybridized carbons (Fsp3) is 0.650. The SMILES string of the molecule is CCNC(=NCCCN1CCCCC1C)NCCS(=O)(=O)c1ccccc1.I. The molecule has 1 atom stereocenters. The van der Waals surface area contributed by atoms with Gasteiger partial charge >= 0.3 is 0 Å². The maximum atomic E-state index is 12.3. The standard InChI is InChI=1S/C20H34N4O2S.HI/c1-3-21-20(22-13-9-16-24-15-8-7-10-18(24)2)23-14-17-27(25,26)19-11-5-4-6-12-19;/h4-6,11-12,18H,3,7-10,13-17H2,1-2H3,(H2,21,22,23);1H. The second-order valence-corrected chi connectivity index (χ2v) is 9.16. The molecule has 1 aliphatic heterocycles. The lowest BCUT2D eigenvalue weighted by molar-refractivity contribution is 0.160. The molecule has 0 radical (unpaired) electrons. The summed E-state index contributed by atoms with van der Waals surface area (Å²) in [6.07, 6.45) is 4.95. The monoisotopic (exact) mass is 522 g/mol. The molecule has 1 aliphatic rings. The quantitative estimate of drug-likeness (QED) is 0.226. The predicted molar refractivity (Wildman–Crippen MR) is 127 cm³/mol. The van der Waals surface area contributed by atoms with Crippen LogP contribution in [0.2, 0.25) is 0 Å². The summed E-state index contributed by atoms with van der Waals surface area (Å²) < 4.78 is 24.7. The molecule has 28 heavy (non-hydrogen) atoms. The molecule has 0 saturated carbocycles. The van der Waals surface area contributed by atoms with E-state index in [1.807, 2.05) is 13.0 Å². The number of nitrogens with one attached hydrogen (secondary N) is 2. The van der Waals surface area contributed by atoms with Crippen LogP contribution in [0.1, 0.15) is 39.5 Å². The molecular weight excluding hydrogens is 487 g/mol. The number of halogens is 1. The fourth-order valence-corrected chi connectivity index (χ4v) is 4.52. The van der Waals surface area contributed by atoms with Crippen LogP contribution in [0.25, 0.3) is 0 Å². The van der Waals surface area contributed by atoms with Crippen LogP contribution in [0.5, 0.6) is 0 Å². The van der Waals surface area contributed by atoms with Gasteiger partial charge in [-0.15, -0.1) is 24.0 Å². The van der Waals surface area contributed by atoms with E-state index in [0.29, 0.717) is 23.4 Å². The van der Waals surface area contributed by atoms with Gasteiger partial charge in [-0.1, -0.05) is 24.6 Å². The molecule has 1 aromatic rings. The molecule has 2 rings (SSSR count). The zero-order valence-corrected chi connectivity index (χ0v) is 20.2. The average molecular weight is 522 g/mol. The molecule has 1 heterocycles. The van der Waals surface area contributed by atoms with Gasteiger partial charge in [0.1, 0.15) is 0 Å². The topological polar surface area (TPSA) is 73.8 Å². The third-order valence-electron chi connectivity index (χ3n) is 4.92. The third-order valence-corrected chi connectivity index (χ3v) is 6.66. The normalized spacial score (nSPS) is 18.4. The molecule has 0 spiro atoms. The van der Waals surface area contributed by atoms with Crippen molar-refractivity contribution in [3.8, 4) is 0 Å². The Morgan fingerprint density at radius 1 is 1.21 bits per heavy atom. The van der Waals surface area contributed by atoms with Crippen molar-refractivity contribution >= 4 is 39.8 Å². The molecule has 1 saturated heterocycles. The van der Waals surface area contributed by atoms with Crippen LogP contribution < -0.4 is 10.6 Å². The molecule has 1 fully saturated rings. The molecule has 0 amide bonds. The van der Waals surface area contributed by atoms with Crippen molar-refractivity contribution in [3.05, 3.63) is 30.3 Å². The van der Waals surface area contributed by atoms with Crippen LogP contribution in [0.4, 0.5) is 0 Å². The first kappa shape index (κ1) is 25.2. The minimum atomic E-state index is -3.27. The van der Waals surface area contributed by atoms with Crippen LogP contribution >= 0.6 is 24.0 Å². The second-order valence-electron chi connectivity index (χ2n) is 7.05. The summed E-state index contributed by atoms with van der Waals surface area (Å²) in [5, 5.41) is 6.33. The summed E-state index contributed by atoms with van der Waals surface area (Å²) in [6.45, 7) is 8.41. The number of hydrogen-bond donors (Lipinski definition) is 2. The Morgan fingerprint density at radius 3 is 2.64 bits per heavy atom. The van der Waals surface area contributed by atoms with Crippen molar-refractivity contribution in [2.45, 2.75) is 50.5 Å². The highest BCUT2D eigenvalue weighted by atomic mass is 127. The summed E-state index contributed by atoms with van der Waals surface area (Å²) in [5.41, 5.74) is 0. The minimum Gasteiger partial charge on any atom is -0.357 e. The van der Waals surface area contributed by atoms with Crippen molar-refractivity contribution in [1.29, 1.82) is 0 Å². The number of likely N-dealkylation sites (tertiary alicyclic amines) is 1. The van der Waals surface area contributed by atoms with E-state index >= 15 is 0 Å². The predicted octanol–water partition coefficient (Wildman–Crippen LogP) is 2.90. The highest BCUT2D eigenvalue weighted by Crippen LogP contribution is 2.16. The molecule has 1 unspecified atom stereocenters. The van der Waals surface area contributed by atoms with Gasteiger partial charge in [0.15, 0.2) is 15.8 Å². The summed E-state index contributed by atoms with van der Waals surface area (Å²) in [4.78, 5) is 7.50. The summed E-state index contributed by atoms with van der Waals surface area (Å²) in [7, 11) is -3.27. The second kappa shape index (κ2) is 13.4. The lowest BCUT2D eigenvalue weighted by Gasteiger charge is -2.33. The minimum absolute atomic E-state index is 0. The highest BCUT2D eigenvalue weighted by Gasteiger charge is 2.17. The Hall–Kier alpha value is -0.870. The van der Waals surface area contributed by atoms with Gasteiger partial charge in [0.05, 0.1) is 10.6 Å². The van der Waals surface area contributed by atoms with Gasteiger partial charge in [0, 0.05) is 32.2 Å². The van der Waals surface area contributed by atoms with E-state index < -0.39 is 9.84 Å². The van der Waals surface area contributed by atoms with Crippen molar-refractivity contribution in [2.24, 2.45) is 4.99 Å². The first-order valence-corrected chi connectivity index (χ1v) is 11.7. The molecule has 0 aliphatic carbocycles. The van der Waals surface area contributed by atoms with Gasteiger partial charge in [0.2, 0.25) is 0 Å². The lowest BCUT2D eigenvalue weighted by Crippen LogP contribution is -2.40. The Balaban J connectivity index is 0.00000392. The molecule has 1 aromatic carbocycles. The van der Waals surface area contributed by atoms with Gasteiger partial charge in [-0.2, -0.15) is 0 Å². The largest absolute Gasteiger partial charge is 0.357 e. The Morgan fingerprint density at radius 2 is 1.96 bits per heavy atom. The summed E-state index contributed by atoms with van der Waals surface area (Å²) >= 11 is 0. The number of guanidine groups is 1. The van der Waals surface area contributed by atoms with Gasteiger partial charge in [-0.05, 0) is 51.8 Å². The smallest absolute Gasteiger partial charge is 0.191 e. The van der Waals surface area contributed by atoms with Crippen molar-refractivity contribution < 1.29 is 8.42 Å². The molecule has 160 valence electrons. The van der Waals surface area contributed by atoms with E-state index in [4.69, 9.17) is 0 Å². The van der Waals surface area contributed by atoms with E-state index in [9.17, 15) is 8.42 Å². The first-order chi connectivity index (χ1) is 13.0. The van der Waals surface area contributed by atoms with Crippen molar-refractivity contribution in [3.63, 3.8) is 0 Å². The third kappa shape index (κ3) is 8.65.